The third-order valence-corrected chi connectivity index (χ3v) is 6.55. The molecule has 0 aromatic heterocycles. The minimum absolute atomic E-state index is 0.274. The van der Waals surface area contributed by atoms with Crippen LogP contribution in [0.3, 0.4) is 0 Å². The van der Waals surface area contributed by atoms with Crippen LogP contribution in [0.15, 0.2) is 53.5 Å². The predicted molar refractivity (Wildman–Crippen MR) is 133 cm³/mol. The van der Waals surface area contributed by atoms with Crippen LogP contribution in [-0.2, 0) is 4.79 Å². The first-order chi connectivity index (χ1) is 15.7. The summed E-state index contributed by atoms with van der Waals surface area (Å²) < 4.78 is 0. The number of likely N-dealkylation sites (N-methyl/N-ethyl adjacent to an activating group) is 1. The molecule has 1 saturated heterocycles. The number of fused-ring (bicyclic) bond motifs is 1. The van der Waals surface area contributed by atoms with Crippen molar-refractivity contribution in [3.63, 3.8) is 0 Å². The second kappa shape index (κ2) is 9.25. The number of aryl methyl sites for hydroxylation is 1. The highest BCUT2D eigenvalue weighted by molar-refractivity contribution is 6.12. The smallest absolute Gasteiger partial charge is 0.321 e. The van der Waals surface area contributed by atoms with Crippen molar-refractivity contribution in [2.45, 2.75) is 58.8 Å². The largest absolute Gasteiger partial charge is 0.351 e. The summed E-state index contributed by atoms with van der Waals surface area (Å²) >= 11 is 0. The number of carbonyl (C=O) groups is 2. The number of carbonyl (C=O) groups excluding carboxylic acids is 2. The van der Waals surface area contributed by atoms with E-state index in [0.717, 1.165) is 35.5 Å². The van der Waals surface area contributed by atoms with Gasteiger partial charge in [0.2, 0.25) is 6.17 Å². The van der Waals surface area contributed by atoms with E-state index >= 15 is 0 Å². The standard InChI is InChI=1S/C26H33N5O2/c1-16-9-8-10-20(15-16)27-26(33)29-23-25(32)30(5)22-12-7-6-11-21(22)24(28-23)31-18(3)13-17(2)14-19(31)4/h6-12,15,17-19,23H,13-14H2,1-5H3,(H2,27,29,33)/t17?,18-,19+,23-/m1/s1. The Bertz CT molecular complexity index is 1070. The zero-order chi connectivity index (χ0) is 23.7. The molecule has 4 atom stereocenters. The van der Waals surface area contributed by atoms with Gasteiger partial charge < -0.3 is 20.4 Å². The number of nitrogens with one attached hydrogen (secondary N) is 2. The number of amides is 3. The van der Waals surface area contributed by atoms with E-state index in [-0.39, 0.29) is 18.0 Å². The molecule has 0 saturated carbocycles. The molecule has 7 nitrogen and oxygen atoms in total. The molecule has 0 spiro atoms. The Labute approximate surface area is 195 Å². The Morgan fingerprint density at radius 1 is 1.03 bits per heavy atom. The highest BCUT2D eigenvalue weighted by Gasteiger charge is 2.37. The van der Waals surface area contributed by atoms with Gasteiger partial charge in [-0.3, -0.25) is 4.79 Å². The van der Waals surface area contributed by atoms with Crippen molar-refractivity contribution in [1.29, 1.82) is 0 Å². The monoisotopic (exact) mass is 447 g/mol. The molecule has 2 aliphatic rings. The molecule has 2 aromatic carbocycles. The number of rotatable bonds is 2. The number of piperidine rings is 1. The number of benzodiazepines with no additional fused rings is 1. The van der Waals surface area contributed by atoms with E-state index in [4.69, 9.17) is 4.99 Å². The van der Waals surface area contributed by atoms with E-state index in [1.54, 1.807) is 11.9 Å². The molecule has 174 valence electrons. The number of hydrogen-bond acceptors (Lipinski definition) is 4. The highest BCUT2D eigenvalue weighted by atomic mass is 16.2. The minimum atomic E-state index is -1.03. The molecule has 33 heavy (non-hydrogen) atoms. The zero-order valence-corrected chi connectivity index (χ0v) is 20.0. The third kappa shape index (κ3) is 4.72. The second-order valence-electron chi connectivity index (χ2n) is 9.42. The quantitative estimate of drug-likeness (QED) is 0.718. The summed E-state index contributed by atoms with van der Waals surface area (Å²) in [6.45, 7) is 8.66. The second-order valence-corrected chi connectivity index (χ2v) is 9.42. The van der Waals surface area contributed by atoms with Crippen LogP contribution in [0.1, 0.15) is 44.7 Å². The highest BCUT2D eigenvalue weighted by Crippen LogP contribution is 2.33. The summed E-state index contributed by atoms with van der Waals surface area (Å²) in [7, 11) is 1.73. The fourth-order valence-corrected chi connectivity index (χ4v) is 5.16. The average molecular weight is 448 g/mol. The molecule has 2 aromatic rings. The van der Waals surface area contributed by atoms with Crippen molar-refractivity contribution < 1.29 is 9.59 Å². The van der Waals surface area contributed by atoms with Crippen molar-refractivity contribution >= 4 is 29.1 Å². The number of benzene rings is 2. The lowest BCUT2D eigenvalue weighted by atomic mass is 9.88. The third-order valence-electron chi connectivity index (χ3n) is 6.55. The van der Waals surface area contributed by atoms with Gasteiger partial charge >= 0.3 is 6.03 Å². The first-order valence-corrected chi connectivity index (χ1v) is 11.6. The molecule has 1 unspecified atom stereocenters. The maximum atomic E-state index is 13.4. The summed E-state index contributed by atoms with van der Waals surface area (Å²) in [5.41, 5.74) is 3.41. The van der Waals surface area contributed by atoms with E-state index in [0.29, 0.717) is 11.6 Å². The Hall–Kier alpha value is -3.35. The Morgan fingerprint density at radius 3 is 2.42 bits per heavy atom. The number of anilines is 2. The molecule has 7 heteroatoms. The lowest BCUT2D eigenvalue weighted by Crippen LogP contribution is -2.51. The number of nitrogens with zero attached hydrogens (tertiary/aromatic N) is 3. The van der Waals surface area contributed by atoms with E-state index in [1.807, 2.05) is 55.5 Å². The molecule has 0 radical (unpaired) electrons. The van der Waals surface area contributed by atoms with Crippen LogP contribution in [0.2, 0.25) is 0 Å². The fraction of sp³-hybridized carbons (Fsp3) is 0.423. The van der Waals surface area contributed by atoms with Gasteiger partial charge in [0.05, 0.1) is 5.69 Å². The Balaban J connectivity index is 1.69. The van der Waals surface area contributed by atoms with E-state index < -0.39 is 12.2 Å². The van der Waals surface area contributed by atoms with Crippen molar-refractivity contribution in [1.82, 2.24) is 10.2 Å². The number of amidine groups is 1. The van der Waals surface area contributed by atoms with Crippen LogP contribution in [0, 0.1) is 12.8 Å². The Kier molecular flexibility index (Phi) is 6.40. The van der Waals surface area contributed by atoms with Crippen LogP contribution in [-0.4, -0.2) is 48.0 Å². The summed E-state index contributed by atoms with van der Waals surface area (Å²) in [6.07, 6.45) is 1.09. The van der Waals surface area contributed by atoms with Gasteiger partial charge in [0.1, 0.15) is 5.84 Å². The first kappa shape index (κ1) is 22.8. The van der Waals surface area contributed by atoms with Gasteiger partial charge in [-0.25, -0.2) is 9.79 Å². The van der Waals surface area contributed by atoms with Crippen molar-refractivity contribution in [3.8, 4) is 0 Å². The van der Waals surface area contributed by atoms with Crippen LogP contribution in [0.25, 0.3) is 0 Å². The molecule has 4 rings (SSSR count). The number of aliphatic imine (C=N–C) groups is 1. The van der Waals surface area contributed by atoms with Gasteiger partial charge in [-0.2, -0.15) is 0 Å². The molecule has 0 bridgehead atoms. The average Bonchev–Trinajstić information content (AvgIpc) is 2.84. The molecule has 0 aliphatic carbocycles. The molecule has 1 fully saturated rings. The number of urea groups is 1. The molecule has 3 amide bonds. The molecule has 2 aliphatic heterocycles. The summed E-state index contributed by atoms with van der Waals surface area (Å²) in [5.74, 6) is 1.12. The van der Waals surface area contributed by atoms with Crippen LogP contribution >= 0.6 is 0 Å². The number of likely N-dealkylation sites (tertiary alicyclic amines) is 1. The lowest BCUT2D eigenvalue weighted by molar-refractivity contribution is -0.119. The van der Waals surface area contributed by atoms with Gasteiger partial charge in [-0.15, -0.1) is 0 Å². The topological polar surface area (TPSA) is 77.0 Å². The van der Waals surface area contributed by atoms with Gasteiger partial charge in [-0.1, -0.05) is 31.2 Å². The van der Waals surface area contributed by atoms with E-state index in [1.165, 1.54) is 0 Å². The maximum Gasteiger partial charge on any atom is 0.321 e. The van der Waals surface area contributed by atoms with Crippen molar-refractivity contribution in [2.75, 3.05) is 17.3 Å². The number of para-hydroxylation sites is 1. The molecular weight excluding hydrogens is 414 g/mol. The van der Waals surface area contributed by atoms with E-state index in [2.05, 4.69) is 36.3 Å². The first-order valence-electron chi connectivity index (χ1n) is 11.6. The summed E-state index contributed by atoms with van der Waals surface area (Å²) in [6, 6.07) is 15.4. The molecule has 2 N–H and O–H groups in total. The maximum absolute atomic E-state index is 13.4. The summed E-state index contributed by atoms with van der Waals surface area (Å²) in [4.78, 5) is 34.9. The normalized spacial score (nSPS) is 25.1. The van der Waals surface area contributed by atoms with Gasteiger partial charge in [0.25, 0.3) is 5.91 Å². The number of hydrogen-bond donors (Lipinski definition) is 2. The van der Waals surface area contributed by atoms with Gasteiger partial charge in [0, 0.05) is 30.4 Å². The van der Waals surface area contributed by atoms with Crippen LogP contribution < -0.4 is 15.5 Å². The van der Waals surface area contributed by atoms with Gasteiger partial charge in [-0.05, 0) is 69.4 Å². The minimum Gasteiger partial charge on any atom is -0.351 e. The Morgan fingerprint density at radius 2 is 1.73 bits per heavy atom. The summed E-state index contributed by atoms with van der Waals surface area (Å²) in [5, 5.41) is 5.62. The van der Waals surface area contributed by atoms with Crippen LogP contribution in [0.5, 0.6) is 0 Å². The fourth-order valence-electron chi connectivity index (χ4n) is 5.16. The molecular formula is C26H33N5O2. The van der Waals surface area contributed by atoms with E-state index in [9.17, 15) is 9.59 Å². The lowest BCUT2D eigenvalue weighted by Gasteiger charge is -2.44. The van der Waals surface area contributed by atoms with Gasteiger partial charge in [0.15, 0.2) is 0 Å². The van der Waals surface area contributed by atoms with Crippen LogP contribution in [0.4, 0.5) is 16.2 Å². The zero-order valence-electron chi connectivity index (χ0n) is 20.0. The predicted octanol–water partition coefficient (Wildman–Crippen LogP) is 4.37. The van der Waals surface area contributed by atoms with Crippen molar-refractivity contribution in [3.05, 3.63) is 59.7 Å². The SMILES string of the molecule is Cc1cccc(NC(=O)N[C@H]2N=C(N3[C@H](C)CC(C)C[C@@H]3C)c3ccccc3N(C)C2=O)c1. The molecule has 2 heterocycles. The van der Waals surface area contributed by atoms with Crippen molar-refractivity contribution in [2.24, 2.45) is 10.9 Å².